The van der Waals surface area contributed by atoms with Crippen LogP contribution < -0.4 is 11.1 Å². The first-order valence-corrected chi connectivity index (χ1v) is 6.85. The molecule has 0 spiro atoms. The Morgan fingerprint density at radius 2 is 2.29 bits per heavy atom. The number of fused-ring (bicyclic) bond motifs is 1. The number of carbonyl (C=O) groups excluding carboxylic acids is 1. The molecule has 17 heavy (non-hydrogen) atoms. The molecule has 1 aliphatic rings. The minimum Gasteiger partial charge on any atom is -0.393 e. The molecule has 0 saturated heterocycles. The van der Waals surface area contributed by atoms with Gasteiger partial charge in [0.15, 0.2) is 0 Å². The fraction of sp³-hybridized carbons (Fsp3) is 0.333. The highest BCUT2D eigenvalue weighted by atomic mass is 32.2. The Labute approximate surface area is 110 Å². The average Bonchev–Trinajstić information content (AvgIpc) is 2.72. The van der Waals surface area contributed by atoms with E-state index in [1.807, 2.05) is 18.2 Å². The van der Waals surface area contributed by atoms with Gasteiger partial charge in [-0.15, -0.1) is 11.8 Å². The van der Waals surface area contributed by atoms with Crippen LogP contribution in [0.3, 0.4) is 0 Å². The molecule has 0 fully saturated rings. The number of rotatable bonds is 4. The number of nitrogens with two attached hydrogens (primary N) is 1. The number of thioether (sulfide) groups is 1. The van der Waals surface area contributed by atoms with Crippen molar-refractivity contribution in [3.05, 3.63) is 29.8 Å². The van der Waals surface area contributed by atoms with E-state index in [0.717, 1.165) is 11.3 Å². The zero-order valence-electron chi connectivity index (χ0n) is 9.31. The van der Waals surface area contributed by atoms with Gasteiger partial charge in [0, 0.05) is 23.6 Å². The molecule has 1 aromatic carbocycles. The van der Waals surface area contributed by atoms with E-state index in [0.29, 0.717) is 18.0 Å². The number of amides is 1. The number of carbonyl (C=O) groups is 1. The maximum Gasteiger partial charge on any atom is 0.228 e. The minimum absolute atomic E-state index is 0.0393. The Hall–Kier alpha value is -1.07. The Kier molecular flexibility index (Phi) is 4.02. The summed E-state index contributed by atoms with van der Waals surface area (Å²) in [6, 6.07) is 8.05. The monoisotopic (exact) mass is 266 g/mol. The second kappa shape index (κ2) is 5.51. The standard InChI is InChI=1S/C12H14N2OS2/c13-11(16)5-6-14-12(15)9-7-17-10-4-2-1-3-8(9)10/h1-4,9H,5-7H2,(H2,13,16)(H,14,15). The lowest BCUT2D eigenvalue weighted by atomic mass is 10.0. The quantitative estimate of drug-likeness (QED) is 0.814. The molecule has 2 rings (SSSR count). The third-order valence-corrected chi connectivity index (χ3v) is 4.07. The predicted octanol–water partition coefficient (Wildman–Crippen LogP) is 1.67. The summed E-state index contributed by atoms with van der Waals surface area (Å²) in [5, 5.41) is 2.88. The van der Waals surface area contributed by atoms with E-state index in [4.69, 9.17) is 18.0 Å². The van der Waals surface area contributed by atoms with Crippen LogP contribution in [0.2, 0.25) is 0 Å². The molecular weight excluding hydrogens is 252 g/mol. The van der Waals surface area contributed by atoms with Gasteiger partial charge in [-0.2, -0.15) is 0 Å². The van der Waals surface area contributed by atoms with Crippen molar-refractivity contribution in [2.24, 2.45) is 5.73 Å². The van der Waals surface area contributed by atoms with Crippen LogP contribution in [0.25, 0.3) is 0 Å². The average molecular weight is 266 g/mol. The SMILES string of the molecule is NC(=S)CCNC(=O)C1CSc2ccccc21. The zero-order chi connectivity index (χ0) is 12.3. The summed E-state index contributed by atoms with van der Waals surface area (Å²) in [6.45, 7) is 0.525. The molecule has 1 heterocycles. The van der Waals surface area contributed by atoms with Gasteiger partial charge in [0.25, 0.3) is 0 Å². The Morgan fingerprint density at radius 3 is 3.06 bits per heavy atom. The summed E-state index contributed by atoms with van der Waals surface area (Å²) in [5.41, 5.74) is 6.51. The van der Waals surface area contributed by atoms with Gasteiger partial charge in [0.05, 0.1) is 10.9 Å². The molecular formula is C12H14N2OS2. The van der Waals surface area contributed by atoms with E-state index in [9.17, 15) is 4.79 Å². The topological polar surface area (TPSA) is 55.1 Å². The summed E-state index contributed by atoms with van der Waals surface area (Å²) in [7, 11) is 0. The van der Waals surface area contributed by atoms with Crippen molar-refractivity contribution in [1.29, 1.82) is 0 Å². The normalized spacial score (nSPS) is 17.5. The van der Waals surface area contributed by atoms with Gasteiger partial charge >= 0.3 is 0 Å². The fourth-order valence-corrected chi connectivity index (χ4v) is 3.14. The molecule has 3 nitrogen and oxygen atoms in total. The number of benzene rings is 1. The molecule has 0 aromatic heterocycles. The molecule has 1 atom stereocenters. The van der Waals surface area contributed by atoms with Gasteiger partial charge in [-0.05, 0) is 11.6 Å². The van der Waals surface area contributed by atoms with Crippen LogP contribution in [-0.2, 0) is 4.79 Å². The zero-order valence-corrected chi connectivity index (χ0v) is 10.9. The number of hydrogen-bond acceptors (Lipinski definition) is 3. The Balaban J connectivity index is 1.96. The van der Waals surface area contributed by atoms with Crippen molar-refractivity contribution >= 4 is 34.9 Å². The second-order valence-electron chi connectivity index (χ2n) is 3.91. The van der Waals surface area contributed by atoms with Crippen molar-refractivity contribution < 1.29 is 4.79 Å². The first kappa shape index (κ1) is 12.4. The molecule has 1 aliphatic heterocycles. The van der Waals surface area contributed by atoms with Gasteiger partial charge in [0.2, 0.25) is 5.91 Å². The highest BCUT2D eigenvalue weighted by molar-refractivity contribution is 7.99. The third kappa shape index (κ3) is 2.98. The van der Waals surface area contributed by atoms with Crippen molar-refractivity contribution in [3.63, 3.8) is 0 Å². The van der Waals surface area contributed by atoms with Crippen LogP contribution >= 0.6 is 24.0 Å². The number of hydrogen-bond donors (Lipinski definition) is 2. The molecule has 0 saturated carbocycles. The minimum atomic E-state index is -0.0393. The summed E-state index contributed by atoms with van der Waals surface area (Å²) in [6.07, 6.45) is 0.558. The maximum atomic E-state index is 12.0. The van der Waals surface area contributed by atoms with Gasteiger partial charge in [0.1, 0.15) is 0 Å². The number of thiocarbonyl (C=S) groups is 1. The Bertz CT molecular complexity index is 448. The summed E-state index contributed by atoms with van der Waals surface area (Å²) >= 11 is 6.50. The van der Waals surface area contributed by atoms with Gasteiger partial charge in [-0.1, -0.05) is 30.4 Å². The molecule has 1 aromatic rings. The van der Waals surface area contributed by atoms with E-state index in [2.05, 4.69) is 11.4 Å². The van der Waals surface area contributed by atoms with Crippen molar-refractivity contribution in [3.8, 4) is 0 Å². The van der Waals surface area contributed by atoms with E-state index in [-0.39, 0.29) is 11.8 Å². The smallest absolute Gasteiger partial charge is 0.228 e. The van der Waals surface area contributed by atoms with Crippen molar-refractivity contribution in [2.75, 3.05) is 12.3 Å². The highest BCUT2D eigenvalue weighted by Gasteiger charge is 2.28. The second-order valence-corrected chi connectivity index (χ2v) is 5.49. The molecule has 1 amide bonds. The Morgan fingerprint density at radius 1 is 1.53 bits per heavy atom. The lowest BCUT2D eigenvalue weighted by molar-refractivity contribution is -0.122. The van der Waals surface area contributed by atoms with Crippen LogP contribution in [0.5, 0.6) is 0 Å². The van der Waals surface area contributed by atoms with Crippen LogP contribution in [0.1, 0.15) is 17.9 Å². The third-order valence-electron chi connectivity index (χ3n) is 2.69. The van der Waals surface area contributed by atoms with Crippen LogP contribution in [0.4, 0.5) is 0 Å². The first-order chi connectivity index (χ1) is 8.18. The lowest BCUT2D eigenvalue weighted by Crippen LogP contribution is -2.31. The summed E-state index contributed by atoms with van der Waals surface area (Å²) < 4.78 is 0. The maximum absolute atomic E-state index is 12.0. The van der Waals surface area contributed by atoms with Crippen molar-refractivity contribution in [1.82, 2.24) is 5.32 Å². The van der Waals surface area contributed by atoms with Crippen LogP contribution in [0, 0.1) is 0 Å². The van der Waals surface area contributed by atoms with Crippen LogP contribution in [0.15, 0.2) is 29.2 Å². The largest absolute Gasteiger partial charge is 0.393 e. The van der Waals surface area contributed by atoms with Gasteiger partial charge in [-0.3, -0.25) is 4.79 Å². The molecule has 5 heteroatoms. The van der Waals surface area contributed by atoms with E-state index in [1.54, 1.807) is 11.8 Å². The van der Waals surface area contributed by atoms with E-state index >= 15 is 0 Å². The molecule has 0 aliphatic carbocycles. The van der Waals surface area contributed by atoms with Crippen LogP contribution in [-0.4, -0.2) is 23.2 Å². The predicted molar refractivity (Wildman–Crippen MR) is 74.3 cm³/mol. The molecule has 3 N–H and O–H groups in total. The molecule has 0 radical (unpaired) electrons. The van der Waals surface area contributed by atoms with Gasteiger partial charge < -0.3 is 11.1 Å². The molecule has 1 unspecified atom stereocenters. The first-order valence-electron chi connectivity index (χ1n) is 5.46. The highest BCUT2D eigenvalue weighted by Crippen LogP contribution is 2.39. The van der Waals surface area contributed by atoms with E-state index in [1.165, 1.54) is 4.90 Å². The lowest BCUT2D eigenvalue weighted by Gasteiger charge is -2.11. The van der Waals surface area contributed by atoms with E-state index < -0.39 is 0 Å². The summed E-state index contributed by atoms with van der Waals surface area (Å²) in [5.74, 6) is 0.847. The van der Waals surface area contributed by atoms with Crippen molar-refractivity contribution in [2.45, 2.75) is 17.2 Å². The number of nitrogens with one attached hydrogen (secondary N) is 1. The fourth-order valence-electron chi connectivity index (χ4n) is 1.81. The summed E-state index contributed by atoms with van der Waals surface area (Å²) in [4.78, 5) is 13.6. The molecule has 90 valence electrons. The van der Waals surface area contributed by atoms with Gasteiger partial charge in [-0.25, -0.2) is 0 Å². The molecule has 0 bridgehead atoms.